The third-order valence-corrected chi connectivity index (χ3v) is 5.77. The van der Waals surface area contributed by atoms with E-state index in [1.54, 1.807) is 24.3 Å². The maximum Gasteiger partial charge on any atom is 0.240 e. The molecule has 2 aliphatic rings. The third kappa shape index (κ3) is 5.57. The molecule has 2 heterocycles. The van der Waals surface area contributed by atoms with Gasteiger partial charge in [-0.2, -0.15) is 10.2 Å². The van der Waals surface area contributed by atoms with Crippen LogP contribution in [0.3, 0.4) is 0 Å². The maximum absolute atomic E-state index is 11.1. The molecule has 8 nitrogen and oxygen atoms in total. The Hall–Kier alpha value is -3.10. The largest absolute Gasteiger partial charge is 0.398 e. The Bertz CT molecular complexity index is 1030. The SMILES string of the molecule is C[C@@H]1CC(=O)NN=C1c1ccc(N)c(Cl)c1.C[C@@H]1CC(=O)NN=C1c1ccc(N)c(Cl)c1. The Kier molecular flexibility index (Phi) is 7.37. The second-order valence-corrected chi connectivity index (χ2v) is 8.56. The van der Waals surface area contributed by atoms with E-state index in [-0.39, 0.29) is 23.7 Å². The minimum atomic E-state index is -0.0576. The molecule has 32 heavy (non-hydrogen) atoms. The van der Waals surface area contributed by atoms with Gasteiger partial charge in [-0.3, -0.25) is 9.59 Å². The first-order valence-corrected chi connectivity index (χ1v) is 10.7. The molecule has 2 aromatic carbocycles. The summed E-state index contributed by atoms with van der Waals surface area (Å²) in [6.45, 7) is 3.92. The number of nitrogens with one attached hydrogen (secondary N) is 2. The van der Waals surface area contributed by atoms with Crippen LogP contribution < -0.4 is 22.3 Å². The highest BCUT2D eigenvalue weighted by atomic mass is 35.5. The zero-order chi connectivity index (χ0) is 23.4. The Morgan fingerprint density at radius 1 is 0.781 bits per heavy atom. The molecule has 168 valence electrons. The van der Waals surface area contributed by atoms with Crippen molar-refractivity contribution >= 4 is 57.8 Å². The molecular formula is C22H24Cl2N6O2. The van der Waals surface area contributed by atoms with E-state index in [1.165, 1.54) is 0 Å². The highest BCUT2D eigenvalue weighted by molar-refractivity contribution is 6.34. The topological polar surface area (TPSA) is 135 Å². The zero-order valence-corrected chi connectivity index (χ0v) is 19.2. The molecule has 0 radical (unpaired) electrons. The number of benzene rings is 2. The summed E-state index contributed by atoms with van der Waals surface area (Å²) in [6, 6.07) is 10.7. The van der Waals surface area contributed by atoms with Gasteiger partial charge in [0.25, 0.3) is 0 Å². The van der Waals surface area contributed by atoms with Crippen molar-refractivity contribution in [2.75, 3.05) is 11.5 Å². The molecule has 0 saturated carbocycles. The summed E-state index contributed by atoms with van der Waals surface area (Å²) in [7, 11) is 0. The summed E-state index contributed by atoms with van der Waals surface area (Å²) in [6.07, 6.45) is 0.891. The second kappa shape index (κ2) is 10.0. The van der Waals surface area contributed by atoms with Crippen LogP contribution >= 0.6 is 23.2 Å². The van der Waals surface area contributed by atoms with Crippen LogP contribution in [-0.4, -0.2) is 23.2 Å². The standard InChI is InChI=1S/2C11H12ClN3O/c2*1-6-4-10(16)14-15-11(6)7-2-3-9(13)8(12)5-7/h2*2-3,5-6H,4,13H2,1H3,(H,14,16)/t2*6-/m11/s1. The van der Waals surface area contributed by atoms with Crippen molar-refractivity contribution in [1.29, 1.82) is 0 Å². The first-order chi connectivity index (χ1) is 15.2. The molecule has 0 fully saturated rings. The van der Waals surface area contributed by atoms with Crippen LogP contribution in [0.1, 0.15) is 37.8 Å². The predicted molar refractivity (Wildman–Crippen MR) is 129 cm³/mol. The molecule has 0 bridgehead atoms. The van der Waals surface area contributed by atoms with Gasteiger partial charge >= 0.3 is 0 Å². The molecule has 2 amide bonds. The fourth-order valence-corrected chi connectivity index (χ4v) is 3.74. The number of nitrogen functional groups attached to an aromatic ring is 2. The summed E-state index contributed by atoms with van der Waals surface area (Å²) >= 11 is 11.9. The van der Waals surface area contributed by atoms with E-state index in [0.29, 0.717) is 34.3 Å². The summed E-state index contributed by atoms with van der Waals surface area (Å²) in [5.41, 5.74) is 20.7. The molecule has 0 spiro atoms. The minimum Gasteiger partial charge on any atom is -0.398 e. The number of halogens is 2. The van der Waals surface area contributed by atoms with Crippen LogP contribution in [0.4, 0.5) is 11.4 Å². The monoisotopic (exact) mass is 474 g/mol. The number of carbonyl (C=O) groups excluding carboxylic acids is 2. The van der Waals surface area contributed by atoms with Gasteiger partial charge in [0.05, 0.1) is 32.8 Å². The van der Waals surface area contributed by atoms with E-state index in [9.17, 15) is 9.59 Å². The molecule has 4 rings (SSSR count). The Morgan fingerprint density at radius 3 is 1.47 bits per heavy atom. The number of hydrogen-bond acceptors (Lipinski definition) is 6. The Balaban J connectivity index is 0.000000181. The van der Waals surface area contributed by atoms with Crippen molar-refractivity contribution in [3.63, 3.8) is 0 Å². The zero-order valence-electron chi connectivity index (χ0n) is 17.7. The number of rotatable bonds is 2. The summed E-state index contributed by atoms with van der Waals surface area (Å²) in [5, 5.41) is 9.11. The molecule has 0 saturated heterocycles. The van der Waals surface area contributed by atoms with E-state index >= 15 is 0 Å². The van der Waals surface area contributed by atoms with Crippen molar-refractivity contribution in [3.8, 4) is 0 Å². The summed E-state index contributed by atoms with van der Waals surface area (Å²) in [5.74, 6) is 0.0671. The van der Waals surface area contributed by atoms with E-state index < -0.39 is 0 Å². The number of amides is 2. The van der Waals surface area contributed by atoms with Gasteiger partial charge in [-0.05, 0) is 35.4 Å². The van der Waals surface area contributed by atoms with Crippen LogP contribution in [0.2, 0.25) is 10.0 Å². The van der Waals surface area contributed by atoms with Gasteiger partial charge in [0, 0.05) is 24.7 Å². The number of anilines is 2. The number of hydrazone groups is 2. The minimum absolute atomic E-state index is 0.0576. The molecule has 0 unspecified atom stereocenters. The number of carbonyl (C=O) groups is 2. The molecule has 10 heteroatoms. The van der Waals surface area contributed by atoms with E-state index in [0.717, 1.165) is 22.6 Å². The number of nitrogens with zero attached hydrogens (tertiary/aromatic N) is 2. The van der Waals surface area contributed by atoms with Crippen molar-refractivity contribution in [1.82, 2.24) is 10.9 Å². The highest BCUT2D eigenvalue weighted by Gasteiger charge is 2.22. The van der Waals surface area contributed by atoms with E-state index in [2.05, 4.69) is 21.1 Å². The molecule has 2 atom stereocenters. The summed E-state index contributed by atoms with van der Waals surface area (Å²) in [4.78, 5) is 22.2. The lowest BCUT2D eigenvalue weighted by Crippen LogP contribution is -2.31. The summed E-state index contributed by atoms with van der Waals surface area (Å²) < 4.78 is 0. The molecule has 6 N–H and O–H groups in total. The van der Waals surface area contributed by atoms with E-state index in [4.69, 9.17) is 34.7 Å². The smallest absolute Gasteiger partial charge is 0.240 e. The fourth-order valence-electron chi connectivity index (χ4n) is 3.38. The number of hydrogen-bond donors (Lipinski definition) is 4. The average Bonchev–Trinajstić information content (AvgIpc) is 2.73. The van der Waals surface area contributed by atoms with Gasteiger partial charge in [0.15, 0.2) is 0 Å². The molecule has 2 aromatic rings. The quantitative estimate of drug-likeness (QED) is 0.494. The van der Waals surface area contributed by atoms with Crippen LogP contribution in [0.25, 0.3) is 0 Å². The first-order valence-electron chi connectivity index (χ1n) is 9.99. The van der Waals surface area contributed by atoms with Gasteiger partial charge in [-0.15, -0.1) is 0 Å². The normalized spacial score (nSPS) is 20.2. The van der Waals surface area contributed by atoms with Gasteiger partial charge in [0.2, 0.25) is 11.8 Å². The fraction of sp³-hybridized carbons (Fsp3) is 0.273. The lowest BCUT2D eigenvalue weighted by molar-refractivity contribution is -0.122. The van der Waals surface area contributed by atoms with Gasteiger partial charge in [0.1, 0.15) is 0 Å². The lowest BCUT2D eigenvalue weighted by atomic mass is 9.94. The molecule has 0 aromatic heterocycles. The predicted octanol–water partition coefficient (Wildman–Crippen LogP) is 3.56. The van der Waals surface area contributed by atoms with Gasteiger partial charge in [-0.25, -0.2) is 10.9 Å². The molecule has 2 aliphatic heterocycles. The van der Waals surface area contributed by atoms with Crippen LogP contribution in [0.15, 0.2) is 46.6 Å². The number of nitrogens with two attached hydrogens (primary N) is 2. The van der Waals surface area contributed by atoms with Crippen LogP contribution in [-0.2, 0) is 9.59 Å². The maximum atomic E-state index is 11.1. The Morgan fingerprint density at radius 2 is 1.16 bits per heavy atom. The van der Waals surface area contributed by atoms with Crippen molar-refractivity contribution < 1.29 is 9.59 Å². The first kappa shape index (κ1) is 23.6. The molecular weight excluding hydrogens is 451 g/mol. The second-order valence-electron chi connectivity index (χ2n) is 7.75. The third-order valence-electron chi connectivity index (χ3n) is 5.11. The average molecular weight is 475 g/mol. The Labute approximate surface area is 196 Å². The van der Waals surface area contributed by atoms with Gasteiger partial charge < -0.3 is 11.5 Å². The van der Waals surface area contributed by atoms with Gasteiger partial charge in [-0.1, -0.05) is 49.2 Å². The van der Waals surface area contributed by atoms with Crippen molar-refractivity contribution in [3.05, 3.63) is 57.6 Å². The lowest BCUT2D eigenvalue weighted by Gasteiger charge is -2.19. The van der Waals surface area contributed by atoms with Crippen molar-refractivity contribution in [2.45, 2.75) is 26.7 Å². The van der Waals surface area contributed by atoms with E-state index in [1.807, 2.05) is 26.0 Å². The highest BCUT2D eigenvalue weighted by Crippen LogP contribution is 2.24. The van der Waals surface area contributed by atoms with Crippen molar-refractivity contribution in [2.24, 2.45) is 22.0 Å². The molecule has 0 aliphatic carbocycles. The van der Waals surface area contributed by atoms with Crippen LogP contribution in [0.5, 0.6) is 0 Å². The van der Waals surface area contributed by atoms with Crippen LogP contribution in [0, 0.1) is 11.8 Å².